The Morgan fingerprint density at radius 3 is 1.89 bits per heavy atom. The van der Waals surface area contributed by atoms with Crippen LogP contribution in [0.25, 0.3) is 0 Å². The van der Waals surface area contributed by atoms with Crippen LogP contribution in [0.2, 0.25) is 0 Å². The average molecular weight is 382 g/mol. The fourth-order valence-corrected chi connectivity index (χ4v) is 4.71. The molecule has 2 aliphatic heterocycles. The summed E-state index contributed by atoms with van der Waals surface area (Å²) >= 11 is 0. The van der Waals surface area contributed by atoms with Crippen molar-refractivity contribution in [2.24, 2.45) is 10.8 Å². The van der Waals surface area contributed by atoms with E-state index < -0.39 is 0 Å². The van der Waals surface area contributed by atoms with Crippen LogP contribution in [0.5, 0.6) is 0 Å². The van der Waals surface area contributed by atoms with Crippen LogP contribution < -0.4 is 0 Å². The van der Waals surface area contributed by atoms with E-state index in [9.17, 15) is 0 Å². The molecule has 0 aromatic carbocycles. The summed E-state index contributed by atoms with van der Waals surface area (Å²) in [4.78, 5) is 7.93. The summed E-state index contributed by atoms with van der Waals surface area (Å²) < 4.78 is 0. The first-order valence-corrected chi connectivity index (χ1v) is 12.2. The van der Waals surface area contributed by atoms with Crippen LogP contribution in [-0.2, 0) is 0 Å². The van der Waals surface area contributed by atoms with Gasteiger partial charge in [0, 0.05) is 19.6 Å². The molecule has 2 saturated heterocycles. The standard InChI is InChI=1S/C20H39N3.2C2H6/c1-4-19(8-9-19)16-22-14-10-20(11-15-22)17-23(18-20)13-7-6-12-21(3)5-2;2*1-2/h4-18H2,1-3H3;2*1-2H3. The largest absolute Gasteiger partial charge is 0.307 e. The molecule has 0 aromatic heterocycles. The molecule has 162 valence electrons. The zero-order chi connectivity index (χ0) is 20.3. The highest BCUT2D eigenvalue weighted by Crippen LogP contribution is 2.50. The number of likely N-dealkylation sites (tertiary alicyclic amines) is 2. The zero-order valence-electron chi connectivity index (χ0n) is 19.9. The average Bonchev–Trinajstić information content (AvgIpc) is 3.48. The van der Waals surface area contributed by atoms with Crippen molar-refractivity contribution < 1.29 is 0 Å². The molecule has 27 heavy (non-hydrogen) atoms. The third-order valence-corrected chi connectivity index (χ3v) is 7.10. The molecule has 1 aliphatic carbocycles. The van der Waals surface area contributed by atoms with Gasteiger partial charge in [-0.15, -0.1) is 0 Å². The van der Waals surface area contributed by atoms with Gasteiger partial charge < -0.3 is 14.7 Å². The van der Waals surface area contributed by atoms with E-state index in [0.29, 0.717) is 5.41 Å². The number of piperidine rings is 1. The maximum Gasteiger partial charge on any atom is 0.00514 e. The summed E-state index contributed by atoms with van der Waals surface area (Å²) in [6.07, 6.45) is 10.0. The first-order valence-electron chi connectivity index (χ1n) is 12.2. The van der Waals surface area contributed by atoms with Gasteiger partial charge in [-0.25, -0.2) is 0 Å². The SMILES string of the molecule is CC.CC.CCN(C)CCCCN1CC2(CCN(CC3(CC)CC3)CC2)C1. The van der Waals surface area contributed by atoms with Crippen LogP contribution in [0.15, 0.2) is 0 Å². The van der Waals surface area contributed by atoms with E-state index in [2.05, 4.69) is 35.6 Å². The molecule has 0 atom stereocenters. The molecule has 3 nitrogen and oxygen atoms in total. The molecule has 3 rings (SSSR count). The first kappa shape index (κ1) is 24.9. The van der Waals surface area contributed by atoms with E-state index in [1.165, 1.54) is 97.3 Å². The highest BCUT2D eigenvalue weighted by atomic mass is 15.2. The van der Waals surface area contributed by atoms with E-state index in [1.807, 2.05) is 27.7 Å². The maximum atomic E-state index is 2.78. The molecule has 1 spiro atoms. The fourth-order valence-electron chi connectivity index (χ4n) is 4.71. The number of hydrogen-bond donors (Lipinski definition) is 0. The Kier molecular flexibility index (Phi) is 11.5. The molecule has 3 heteroatoms. The predicted octanol–water partition coefficient (Wildman–Crippen LogP) is 5.36. The highest BCUT2D eigenvalue weighted by molar-refractivity contribution is 5.00. The Morgan fingerprint density at radius 2 is 1.41 bits per heavy atom. The van der Waals surface area contributed by atoms with Gasteiger partial charge in [-0.2, -0.15) is 0 Å². The minimum Gasteiger partial charge on any atom is -0.307 e. The Hall–Kier alpha value is -0.120. The van der Waals surface area contributed by atoms with Crippen LogP contribution >= 0.6 is 0 Å². The second-order valence-electron chi connectivity index (χ2n) is 8.94. The summed E-state index contributed by atoms with van der Waals surface area (Å²) in [6, 6.07) is 0. The van der Waals surface area contributed by atoms with Crippen molar-refractivity contribution in [3.63, 3.8) is 0 Å². The van der Waals surface area contributed by atoms with E-state index in [1.54, 1.807) is 0 Å². The zero-order valence-corrected chi connectivity index (χ0v) is 19.9. The second-order valence-corrected chi connectivity index (χ2v) is 8.94. The van der Waals surface area contributed by atoms with Gasteiger partial charge in [0.05, 0.1) is 0 Å². The molecular formula is C24H51N3. The second kappa shape index (κ2) is 12.4. The maximum absolute atomic E-state index is 2.78. The summed E-state index contributed by atoms with van der Waals surface area (Å²) in [5.41, 5.74) is 1.45. The topological polar surface area (TPSA) is 9.72 Å². The van der Waals surface area contributed by atoms with Crippen LogP contribution in [0, 0.1) is 10.8 Å². The van der Waals surface area contributed by atoms with Crippen LogP contribution in [0.3, 0.4) is 0 Å². The van der Waals surface area contributed by atoms with Gasteiger partial charge in [0.2, 0.25) is 0 Å². The minimum atomic E-state index is 0.708. The van der Waals surface area contributed by atoms with Crippen molar-refractivity contribution in [3.8, 4) is 0 Å². The minimum absolute atomic E-state index is 0.708. The van der Waals surface area contributed by atoms with Gasteiger partial charge in [0.15, 0.2) is 0 Å². The molecule has 3 aliphatic rings. The Balaban J connectivity index is 0.000000855. The van der Waals surface area contributed by atoms with Gasteiger partial charge in [-0.05, 0) is 95.5 Å². The van der Waals surface area contributed by atoms with Gasteiger partial charge in [-0.1, -0.05) is 41.5 Å². The molecule has 0 unspecified atom stereocenters. The number of rotatable bonds is 9. The van der Waals surface area contributed by atoms with E-state index in [0.717, 1.165) is 5.41 Å². The molecule has 0 amide bonds. The molecule has 0 radical (unpaired) electrons. The van der Waals surface area contributed by atoms with E-state index >= 15 is 0 Å². The van der Waals surface area contributed by atoms with Crippen LogP contribution in [-0.4, -0.2) is 74.1 Å². The third-order valence-electron chi connectivity index (χ3n) is 7.10. The number of unbranched alkanes of at least 4 members (excludes halogenated alkanes) is 1. The summed E-state index contributed by atoms with van der Waals surface area (Å²) in [5, 5.41) is 0. The molecule has 0 aromatic rings. The van der Waals surface area contributed by atoms with Crippen LogP contribution in [0.1, 0.15) is 86.5 Å². The molecular weight excluding hydrogens is 330 g/mol. The van der Waals surface area contributed by atoms with Crippen molar-refractivity contribution in [1.82, 2.24) is 14.7 Å². The Labute approximate surface area is 171 Å². The normalized spacial score (nSPS) is 23.1. The molecule has 3 fully saturated rings. The predicted molar refractivity (Wildman–Crippen MR) is 122 cm³/mol. The smallest absolute Gasteiger partial charge is 0.00514 e. The summed E-state index contributed by atoms with van der Waals surface area (Å²) in [5.74, 6) is 0. The summed E-state index contributed by atoms with van der Waals surface area (Å²) in [6.45, 7) is 23.3. The molecule has 2 heterocycles. The van der Waals surface area contributed by atoms with Crippen molar-refractivity contribution in [1.29, 1.82) is 0 Å². The molecule has 0 N–H and O–H groups in total. The van der Waals surface area contributed by atoms with Crippen molar-refractivity contribution >= 4 is 0 Å². The lowest BCUT2D eigenvalue weighted by atomic mass is 9.71. The Morgan fingerprint density at radius 1 is 0.815 bits per heavy atom. The third kappa shape index (κ3) is 7.66. The van der Waals surface area contributed by atoms with Gasteiger partial charge in [0.1, 0.15) is 0 Å². The lowest BCUT2D eigenvalue weighted by Gasteiger charge is -2.54. The first-order chi connectivity index (χ1) is 13.1. The van der Waals surface area contributed by atoms with Gasteiger partial charge >= 0.3 is 0 Å². The lowest BCUT2D eigenvalue weighted by molar-refractivity contribution is -0.0497. The van der Waals surface area contributed by atoms with Gasteiger partial charge in [-0.3, -0.25) is 0 Å². The number of hydrogen-bond acceptors (Lipinski definition) is 3. The highest BCUT2D eigenvalue weighted by Gasteiger charge is 2.47. The van der Waals surface area contributed by atoms with Crippen molar-refractivity contribution in [3.05, 3.63) is 0 Å². The van der Waals surface area contributed by atoms with Gasteiger partial charge in [0.25, 0.3) is 0 Å². The van der Waals surface area contributed by atoms with Crippen LogP contribution in [0.4, 0.5) is 0 Å². The lowest BCUT2D eigenvalue weighted by Crippen LogP contribution is -2.60. The monoisotopic (exact) mass is 381 g/mol. The number of nitrogens with zero attached hydrogens (tertiary/aromatic N) is 3. The molecule has 1 saturated carbocycles. The fraction of sp³-hybridized carbons (Fsp3) is 1.00. The van der Waals surface area contributed by atoms with E-state index in [4.69, 9.17) is 0 Å². The van der Waals surface area contributed by atoms with Crippen molar-refractivity contribution in [2.45, 2.75) is 86.5 Å². The van der Waals surface area contributed by atoms with Crippen molar-refractivity contribution in [2.75, 3.05) is 59.4 Å². The quantitative estimate of drug-likeness (QED) is 0.498. The Bertz CT molecular complexity index is 362. The summed E-state index contributed by atoms with van der Waals surface area (Å²) in [7, 11) is 2.23. The van der Waals surface area contributed by atoms with E-state index in [-0.39, 0.29) is 0 Å². The molecule has 0 bridgehead atoms.